The quantitative estimate of drug-likeness (QED) is 0.389. The number of para-hydroxylation sites is 1. The standard InChI is InChI=1S/C23H21INO2P/c1-23(19-14-9-15-20(24)21(19)25(2)22(23)26)16-28(27,17-10-5-3-6-11-17)18-12-7-4-8-13-18/h3-15H,16H2,1-2H3/t23-/m1/s1. The van der Waals surface area contributed by atoms with Gasteiger partial charge in [-0.25, -0.2) is 0 Å². The van der Waals surface area contributed by atoms with Gasteiger partial charge in [-0.1, -0.05) is 72.8 Å². The third-order valence-electron chi connectivity index (χ3n) is 5.58. The van der Waals surface area contributed by atoms with Crippen molar-refractivity contribution in [3.8, 4) is 0 Å². The summed E-state index contributed by atoms with van der Waals surface area (Å²) in [6.07, 6.45) is 0.268. The van der Waals surface area contributed by atoms with Gasteiger partial charge in [-0.2, -0.15) is 0 Å². The minimum atomic E-state index is -3.02. The molecule has 0 unspecified atom stereocenters. The zero-order chi connectivity index (χ0) is 19.9. The minimum Gasteiger partial charge on any atom is -0.314 e. The van der Waals surface area contributed by atoms with Crippen molar-refractivity contribution in [2.45, 2.75) is 12.3 Å². The molecular weight excluding hydrogens is 480 g/mol. The van der Waals surface area contributed by atoms with E-state index >= 15 is 0 Å². The van der Waals surface area contributed by atoms with E-state index in [0.717, 1.165) is 25.4 Å². The van der Waals surface area contributed by atoms with Gasteiger partial charge in [0.05, 0.1) is 11.1 Å². The van der Waals surface area contributed by atoms with Crippen molar-refractivity contribution in [1.82, 2.24) is 0 Å². The van der Waals surface area contributed by atoms with Gasteiger partial charge in [-0.05, 0) is 41.1 Å². The molecule has 3 aromatic rings. The smallest absolute Gasteiger partial charge is 0.237 e. The molecular formula is C23H21INO2P. The average Bonchev–Trinajstić information content (AvgIpc) is 2.91. The van der Waals surface area contributed by atoms with Crippen LogP contribution in [0, 0.1) is 3.57 Å². The average molecular weight is 501 g/mol. The molecule has 3 aromatic carbocycles. The molecule has 1 aliphatic rings. The van der Waals surface area contributed by atoms with Gasteiger partial charge in [-0.15, -0.1) is 0 Å². The third kappa shape index (κ3) is 2.94. The number of nitrogens with zero attached hydrogens (tertiary/aromatic N) is 1. The van der Waals surface area contributed by atoms with Crippen LogP contribution in [0.2, 0.25) is 0 Å². The second-order valence-electron chi connectivity index (χ2n) is 7.40. The predicted octanol–water partition coefficient (Wildman–Crippen LogP) is 4.54. The van der Waals surface area contributed by atoms with Gasteiger partial charge >= 0.3 is 0 Å². The number of hydrogen-bond donors (Lipinski definition) is 0. The van der Waals surface area contributed by atoms with Crippen molar-refractivity contribution < 1.29 is 9.36 Å². The first-order chi connectivity index (χ1) is 13.4. The normalized spacial score (nSPS) is 19.0. The molecule has 1 heterocycles. The van der Waals surface area contributed by atoms with E-state index in [0.29, 0.717) is 0 Å². The monoisotopic (exact) mass is 501 g/mol. The second-order valence-corrected chi connectivity index (χ2v) is 11.4. The summed E-state index contributed by atoms with van der Waals surface area (Å²) in [7, 11) is -1.21. The number of carbonyl (C=O) groups excluding carboxylic acids is 1. The summed E-state index contributed by atoms with van der Waals surface area (Å²) in [5.41, 5.74) is 1.05. The third-order valence-corrected chi connectivity index (χ3v) is 9.79. The van der Waals surface area contributed by atoms with Gasteiger partial charge in [0.1, 0.15) is 7.14 Å². The van der Waals surface area contributed by atoms with Crippen LogP contribution in [0.15, 0.2) is 78.9 Å². The molecule has 1 aliphatic heterocycles. The number of benzene rings is 3. The topological polar surface area (TPSA) is 37.4 Å². The van der Waals surface area contributed by atoms with Gasteiger partial charge in [-0.3, -0.25) is 4.79 Å². The van der Waals surface area contributed by atoms with Crippen molar-refractivity contribution in [2.75, 3.05) is 18.1 Å². The molecule has 0 fully saturated rings. The molecule has 0 radical (unpaired) electrons. The zero-order valence-electron chi connectivity index (χ0n) is 15.8. The Bertz CT molecular complexity index is 1040. The van der Waals surface area contributed by atoms with Crippen molar-refractivity contribution in [1.29, 1.82) is 0 Å². The van der Waals surface area contributed by atoms with Crippen LogP contribution < -0.4 is 15.5 Å². The molecule has 0 spiro atoms. The molecule has 28 heavy (non-hydrogen) atoms. The Morgan fingerprint density at radius 3 is 1.96 bits per heavy atom. The molecule has 142 valence electrons. The van der Waals surface area contributed by atoms with E-state index in [1.165, 1.54) is 0 Å². The lowest BCUT2D eigenvalue weighted by molar-refractivity contribution is -0.121. The number of anilines is 1. The maximum Gasteiger partial charge on any atom is 0.237 e. The summed E-state index contributed by atoms with van der Waals surface area (Å²) in [6, 6.07) is 25.1. The zero-order valence-corrected chi connectivity index (χ0v) is 18.9. The number of amides is 1. The lowest BCUT2D eigenvalue weighted by Gasteiger charge is -2.29. The van der Waals surface area contributed by atoms with Crippen molar-refractivity contribution in [3.05, 3.63) is 88.0 Å². The first-order valence-corrected chi connectivity index (χ1v) is 12.1. The molecule has 0 N–H and O–H groups in total. The van der Waals surface area contributed by atoms with Gasteiger partial charge in [0.25, 0.3) is 0 Å². The summed E-state index contributed by atoms with van der Waals surface area (Å²) < 4.78 is 15.6. The fraction of sp³-hybridized carbons (Fsp3) is 0.174. The highest BCUT2D eigenvalue weighted by Gasteiger charge is 2.51. The van der Waals surface area contributed by atoms with Crippen LogP contribution in [0.25, 0.3) is 0 Å². The van der Waals surface area contributed by atoms with Crippen LogP contribution in [0.1, 0.15) is 12.5 Å². The van der Waals surface area contributed by atoms with E-state index in [9.17, 15) is 9.36 Å². The Morgan fingerprint density at radius 2 is 1.43 bits per heavy atom. The van der Waals surface area contributed by atoms with Crippen molar-refractivity contribution in [3.63, 3.8) is 0 Å². The number of halogens is 1. The largest absolute Gasteiger partial charge is 0.314 e. The summed E-state index contributed by atoms with van der Waals surface area (Å²) >= 11 is 2.27. The van der Waals surface area contributed by atoms with Crippen LogP contribution in [0.3, 0.4) is 0 Å². The molecule has 1 atom stereocenters. The van der Waals surface area contributed by atoms with E-state index < -0.39 is 12.6 Å². The van der Waals surface area contributed by atoms with Crippen LogP contribution in [-0.4, -0.2) is 19.1 Å². The maximum atomic E-state index is 14.6. The fourth-order valence-corrected chi connectivity index (χ4v) is 8.18. The highest BCUT2D eigenvalue weighted by molar-refractivity contribution is 14.1. The molecule has 0 bridgehead atoms. The number of carbonyl (C=O) groups is 1. The summed E-state index contributed by atoms with van der Waals surface area (Å²) in [5, 5.41) is 1.58. The first-order valence-electron chi connectivity index (χ1n) is 9.15. The van der Waals surface area contributed by atoms with Crippen molar-refractivity contribution in [2.24, 2.45) is 0 Å². The van der Waals surface area contributed by atoms with Gasteiger partial charge < -0.3 is 9.46 Å². The Morgan fingerprint density at radius 1 is 0.893 bits per heavy atom. The summed E-state index contributed by atoms with van der Waals surface area (Å²) in [6.45, 7) is 1.94. The Kier molecular flexibility index (Phi) is 4.96. The van der Waals surface area contributed by atoms with E-state index in [1.54, 1.807) is 4.90 Å². The number of hydrogen-bond acceptors (Lipinski definition) is 2. The van der Waals surface area contributed by atoms with E-state index in [1.807, 2.05) is 92.8 Å². The first kappa shape index (κ1) is 19.4. The predicted molar refractivity (Wildman–Crippen MR) is 125 cm³/mol. The van der Waals surface area contributed by atoms with Crippen LogP contribution in [-0.2, 0) is 14.8 Å². The van der Waals surface area contributed by atoms with Crippen LogP contribution >= 0.6 is 29.7 Å². The molecule has 3 nitrogen and oxygen atoms in total. The number of fused-ring (bicyclic) bond motifs is 1. The Balaban J connectivity index is 1.91. The highest BCUT2D eigenvalue weighted by atomic mass is 127. The molecule has 1 amide bonds. The van der Waals surface area contributed by atoms with Crippen LogP contribution in [0.4, 0.5) is 5.69 Å². The Labute approximate surface area is 179 Å². The van der Waals surface area contributed by atoms with Gasteiger partial charge in [0, 0.05) is 27.4 Å². The lowest BCUT2D eigenvalue weighted by atomic mass is 9.86. The molecule has 0 saturated heterocycles. The van der Waals surface area contributed by atoms with Gasteiger partial charge in [0.15, 0.2) is 0 Å². The molecule has 5 heteroatoms. The molecule has 0 aromatic heterocycles. The van der Waals surface area contributed by atoms with Crippen LogP contribution in [0.5, 0.6) is 0 Å². The summed E-state index contributed by atoms with van der Waals surface area (Å²) in [5.74, 6) is -0.00120. The number of likely N-dealkylation sites (N-methyl/N-ethyl adjacent to an activating group) is 1. The summed E-state index contributed by atoms with van der Waals surface area (Å²) in [4.78, 5) is 15.1. The highest BCUT2D eigenvalue weighted by Crippen LogP contribution is 2.54. The molecule has 4 rings (SSSR count). The molecule has 0 saturated carbocycles. The Hall–Kier alpha value is -1.91. The fourth-order valence-electron chi connectivity index (χ4n) is 4.16. The molecule has 0 aliphatic carbocycles. The van der Waals surface area contributed by atoms with E-state index in [2.05, 4.69) is 22.6 Å². The maximum absolute atomic E-state index is 14.6. The number of rotatable bonds is 4. The van der Waals surface area contributed by atoms with E-state index in [4.69, 9.17) is 0 Å². The minimum absolute atomic E-state index is 0.00120. The lowest BCUT2D eigenvalue weighted by Crippen LogP contribution is -2.41. The van der Waals surface area contributed by atoms with E-state index in [-0.39, 0.29) is 12.1 Å². The van der Waals surface area contributed by atoms with Crippen molar-refractivity contribution >= 4 is 51.9 Å². The van der Waals surface area contributed by atoms with Gasteiger partial charge in [0.2, 0.25) is 5.91 Å². The SMILES string of the molecule is CN1C(=O)[C@](C)(CP(=O)(c2ccccc2)c2ccccc2)c2cccc(I)c21. The second kappa shape index (κ2) is 7.16.